The molecular weight excluding hydrogens is 357 g/mol. The highest BCUT2D eigenvalue weighted by Gasteiger charge is 2.34. The van der Waals surface area contributed by atoms with Gasteiger partial charge in [-0.2, -0.15) is 13.2 Å². The van der Waals surface area contributed by atoms with Crippen molar-refractivity contribution in [1.29, 1.82) is 0 Å². The zero-order valence-corrected chi connectivity index (χ0v) is 16.4. The summed E-state index contributed by atoms with van der Waals surface area (Å²) in [5.74, 6) is 0.865. The number of aliphatic imine (C=N–C) groups is 1. The number of nitrogens with one attached hydrogen (secondary N) is 2. The number of halogens is 3. The fourth-order valence-corrected chi connectivity index (χ4v) is 2.76. The topological polar surface area (TPSA) is 48.9 Å². The zero-order chi connectivity index (χ0) is 20.0. The van der Waals surface area contributed by atoms with Crippen molar-refractivity contribution >= 4 is 11.6 Å². The predicted octanol–water partition coefficient (Wildman–Crippen LogP) is 3.25. The van der Waals surface area contributed by atoms with Gasteiger partial charge in [-0.05, 0) is 30.5 Å². The fourth-order valence-electron chi connectivity index (χ4n) is 2.76. The summed E-state index contributed by atoms with van der Waals surface area (Å²) in [6.45, 7) is 8.44. The van der Waals surface area contributed by atoms with Gasteiger partial charge in [0, 0.05) is 38.4 Å². The molecule has 1 saturated heterocycles. The van der Waals surface area contributed by atoms with Gasteiger partial charge >= 0.3 is 6.18 Å². The van der Waals surface area contributed by atoms with Crippen LogP contribution < -0.4 is 15.5 Å². The van der Waals surface area contributed by atoms with E-state index in [0.29, 0.717) is 43.9 Å². The van der Waals surface area contributed by atoms with Gasteiger partial charge in [0.05, 0.1) is 18.8 Å². The van der Waals surface area contributed by atoms with Crippen molar-refractivity contribution in [3.63, 3.8) is 0 Å². The third-order valence-electron chi connectivity index (χ3n) is 4.81. The standard InChI is InChI=1S/C19H29F3N4O/c1-13(2)14(3)25-18(23-4)24-12-15-5-6-16(11-17(15)19(20,21)22)26-7-9-27-10-8-26/h5-6,11,13-14H,7-10,12H2,1-4H3,(H2,23,24,25). The Morgan fingerprint density at radius 1 is 1.22 bits per heavy atom. The van der Waals surface area contributed by atoms with Gasteiger partial charge in [0.1, 0.15) is 0 Å². The number of morpholine rings is 1. The van der Waals surface area contributed by atoms with Crippen LogP contribution in [0.4, 0.5) is 18.9 Å². The molecule has 5 nitrogen and oxygen atoms in total. The quantitative estimate of drug-likeness (QED) is 0.603. The van der Waals surface area contributed by atoms with Gasteiger partial charge in [-0.25, -0.2) is 0 Å². The number of hydrogen-bond acceptors (Lipinski definition) is 3. The lowest BCUT2D eigenvalue weighted by atomic mass is 10.0. The van der Waals surface area contributed by atoms with Gasteiger partial charge in [0.2, 0.25) is 0 Å². The molecule has 2 N–H and O–H groups in total. The van der Waals surface area contributed by atoms with E-state index in [4.69, 9.17) is 4.74 Å². The van der Waals surface area contributed by atoms with E-state index in [1.807, 2.05) is 11.8 Å². The molecule has 1 unspecified atom stereocenters. The van der Waals surface area contributed by atoms with E-state index in [0.717, 1.165) is 0 Å². The summed E-state index contributed by atoms with van der Waals surface area (Å²) in [4.78, 5) is 6.02. The number of benzene rings is 1. The molecule has 27 heavy (non-hydrogen) atoms. The monoisotopic (exact) mass is 386 g/mol. The molecule has 1 aliphatic rings. The van der Waals surface area contributed by atoms with Crippen molar-refractivity contribution in [2.75, 3.05) is 38.3 Å². The molecule has 0 spiro atoms. The van der Waals surface area contributed by atoms with Gasteiger partial charge in [-0.15, -0.1) is 0 Å². The van der Waals surface area contributed by atoms with E-state index >= 15 is 0 Å². The van der Waals surface area contributed by atoms with Crippen LogP contribution in [0.1, 0.15) is 31.9 Å². The normalized spacial score (nSPS) is 17.2. The van der Waals surface area contributed by atoms with Crippen molar-refractivity contribution in [3.05, 3.63) is 29.3 Å². The van der Waals surface area contributed by atoms with E-state index in [-0.39, 0.29) is 18.2 Å². The lowest BCUT2D eigenvalue weighted by Gasteiger charge is -2.30. The highest BCUT2D eigenvalue weighted by Crippen LogP contribution is 2.35. The Morgan fingerprint density at radius 2 is 1.89 bits per heavy atom. The second-order valence-corrected chi connectivity index (χ2v) is 7.04. The molecule has 1 aromatic carbocycles. The molecule has 152 valence electrons. The van der Waals surface area contributed by atoms with Crippen molar-refractivity contribution < 1.29 is 17.9 Å². The smallest absolute Gasteiger partial charge is 0.378 e. The van der Waals surface area contributed by atoms with Crippen molar-refractivity contribution in [2.24, 2.45) is 10.9 Å². The average Bonchev–Trinajstić information content (AvgIpc) is 2.64. The molecule has 0 saturated carbocycles. The molecule has 1 heterocycles. The van der Waals surface area contributed by atoms with Crippen LogP contribution in [0.2, 0.25) is 0 Å². The van der Waals surface area contributed by atoms with Crippen LogP contribution >= 0.6 is 0 Å². The van der Waals surface area contributed by atoms with Gasteiger partial charge in [-0.1, -0.05) is 19.9 Å². The minimum absolute atomic E-state index is 0.0444. The molecule has 0 aromatic heterocycles. The molecule has 1 aromatic rings. The van der Waals surface area contributed by atoms with E-state index in [1.165, 1.54) is 6.07 Å². The lowest BCUT2D eigenvalue weighted by Crippen LogP contribution is -2.44. The van der Waals surface area contributed by atoms with E-state index < -0.39 is 11.7 Å². The van der Waals surface area contributed by atoms with Crippen LogP contribution in [-0.2, 0) is 17.5 Å². The van der Waals surface area contributed by atoms with Crippen molar-refractivity contribution in [3.8, 4) is 0 Å². The molecule has 2 rings (SSSR count). The summed E-state index contributed by atoms with van der Waals surface area (Å²) >= 11 is 0. The number of guanidine groups is 1. The molecular formula is C19H29F3N4O. The van der Waals surface area contributed by atoms with Crippen LogP contribution in [0.25, 0.3) is 0 Å². The Labute approximate surface area is 159 Å². The Bertz CT molecular complexity index is 640. The van der Waals surface area contributed by atoms with E-state index in [1.54, 1.807) is 19.2 Å². The first-order valence-corrected chi connectivity index (χ1v) is 9.22. The van der Waals surface area contributed by atoms with Crippen LogP contribution in [0.15, 0.2) is 23.2 Å². The number of ether oxygens (including phenoxy) is 1. The summed E-state index contributed by atoms with van der Waals surface area (Å²) in [5.41, 5.74) is 0.149. The summed E-state index contributed by atoms with van der Waals surface area (Å²) in [6, 6.07) is 4.67. The van der Waals surface area contributed by atoms with E-state index in [2.05, 4.69) is 29.5 Å². The number of alkyl halides is 3. The Hall–Kier alpha value is -1.96. The Balaban J connectivity index is 2.15. The zero-order valence-electron chi connectivity index (χ0n) is 16.4. The van der Waals surface area contributed by atoms with Gasteiger partial charge < -0.3 is 20.3 Å². The number of rotatable bonds is 5. The molecule has 8 heteroatoms. The van der Waals surface area contributed by atoms with Gasteiger partial charge in [-0.3, -0.25) is 4.99 Å². The van der Waals surface area contributed by atoms with Crippen LogP contribution in [0, 0.1) is 5.92 Å². The molecule has 1 fully saturated rings. The highest BCUT2D eigenvalue weighted by atomic mass is 19.4. The summed E-state index contributed by atoms with van der Waals surface area (Å²) in [7, 11) is 1.61. The summed E-state index contributed by atoms with van der Waals surface area (Å²) in [6.07, 6.45) is -4.42. The second kappa shape index (κ2) is 9.30. The molecule has 1 aliphatic heterocycles. The lowest BCUT2D eigenvalue weighted by molar-refractivity contribution is -0.138. The third kappa shape index (κ3) is 6.02. The predicted molar refractivity (Wildman–Crippen MR) is 102 cm³/mol. The first kappa shape index (κ1) is 21.3. The fraction of sp³-hybridized carbons (Fsp3) is 0.632. The third-order valence-corrected chi connectivity index (χ3v) is 4.81. The summed E-state index contributed by atoms with van der Waals surface area (Å²) in [5, 5.41) is 6.18. The van der Waals surface area contributed by atoms with Crippen LogP contribution in [0.3, 0.4) is 0 Å². The maximum atomic E-state index is 13.6. The number of nitrogens with zero attached hydrogens (tertiary/aromatic N) is 2. The van der Waals surface area contributed by atoms with Crippen LogP contribution in [0.5, 0.6) is 0 Å². The average molecular weight is 386 g/mol. The molecule has 0 bridgehead atoms. The van der Waals surface area contributed by atoms with Gasteiger partial charge in [0.15, 0.2) is 5.96 Å². The Morgan fingerprint density at radius 3 is 2.44 bits per heavy atom. The number of anilines is 1. The number of hydrogen-bond donors (Lipinski definition) is 2. The SMILES string of the molecule is CN=C(NCc1ccc(N2CCOCC2)cc1C(F)(F)F)NC(C)C(C)C. The van der Waals surface area contributed by atoms with Gasteiger partial charge in [0.25, 0.3) is 0 Å². The first-order chi connectivity index (χ1) is 12.7. The first-order valence-electron chi connectivity index (χ1n) is 9.22. The minimum Gasteiger partial charge on any atom is -0.378 e. The molecule has 0 radical (unpaired) electrons. The van der Waals surface area contributed by atoms with Crippen molar-refractivity contribution in [2.45, 2.75) is 39.5 Å². The van der Waals surface area contributed by atoms with Crippen LogP contribution in [-0.4, -0.2) is 45.4 Å². The second-order valence-electron chi connectivity index (χ2n) is 7.04. The molecule has 0 aliphatic carbocycles. The van der Waals surface area contributed by atoms with Crippen molar-refractivity contribution in [1.82, 2.24) is 10.6 Å². The maximum absolute atomic E-state index is 13.6. The molecule has 0 amide bonds. The Kier molecular flexibility index (Phi) is 7.35. The van der Waals surface area contributed by atoms with E-state index in [9.17, 15) is 13.2 Å². The minimum atomic E-state index is -4.42. The molecule has 1 atom stereocenters. The maximum Gasteiger partial charge on any atom is 0.416 e. The highest BCUT2D eigenvalue weighted by molar-refractivity contribution is 5.80. The summed E-state index contributed by atoms with van der Waals surface area (Å²) < 4.78 is 46.1. The largest absolute Gasteiger partial charge is 0.416 e.